The minimum atomic E-state index is -1.16. The van der Waals surface area contributed by atoms with Gasteiger partial charge in [-0.15, -0.1) is 0 Å². The van der Waals surface area contributed by atoms with Crippen molar-refractivity contribution in [2.75, 3.05) is 30.5 Å². The molecule has 0 radical (unpaired) electrons. The first-order valence-electron chi connectivity index (χ1n) is 10.7. The summed E-state index contributed by atoms with van der Waals surface area (Å²) in [5, 5.41) is 1.85. The summed E-state index contributed by atoms with van der Waals surface area (Å²) in [7, 11) is 1.45. The molecule has 0 fully saturated rings. The van der Waals surface area contributed by atoms with E-state index in [0.29, 0.717) is 6.07 Å². The molecule has 0 bridgehead atoms. The highest BCUT2D eigenvalue weighted by Crippen LogP contribution is 2.33. The molecule has 0 aliphatic heterocycles. The average Bonchev–Trinajstić information content (AvgIpc) is 2.76. The predicted octanol–water partition coefficient (Wildman–Crippen LogP) is 4.86. The van der Waals surface area contributed by atoms with Gasteiger partial charge in [0.05, 0.1) is 23.4 Å². The first-order chi connectivity index (χ1) is 16.3. The van der Waals surface area contributed by atoms with E-state index < -0.39 is 56.8 Å². The van der Waals surface area contributed by atoms with Gasteiger partial charge in [0.15, 0.2) is 22.6 Å². The Morgan fingerprint density at radius 1 is 1.06 bits per heavy atom. The molecule has 0 aliphatic carbocycles. The molecule has 2 aromatic carbocycles. The van der Waals surface area contributed by atoms with Crippen LogP contribution in [-0.2, 0) is 14.3 Å². The molecule has 1 N–H and O–H groups in total. The Morgan fingerprint density at radius 3 is 2.31 bits per heavy atom. The van der Waals surface area contributed by atoms with E-state index in [1.807, 2.05) is 0 Å². The molecule has 2 amide bonds. The minimum absolute atomic E-state index is 0.0122. The van der Waals surface area contributed by atoms with Crippen molar-refractivity contribution in [2.45, 2.75) is 27.7 Å². The highest BCUT2D eigenvalue weighted by atomic mass is 19.1. The molecule has 1 heterocycles. The molecule has 0 aliphatic rings. The van der Waals surface area contributed by atoms with Gasteiger partial charge in [-0.2, -0.15) is 0 Å². The van der Waals surface area contributed by atoms with Crippen LogP contribution >= 0.6 is 0 Å². The number of fused-ring (bicyclic) bond motifs is 1. The SMILES string of the molecule is COCCN(C(C)=O)c1ccc(-c2cc(=O)c3c(NC(=O)C(C)(C)C)c(F)cc(F)c3o2)cc1F. The molecule has 0 saturated heterocycles. The molecule has 7 nitrogen and oxygen atoms in total. The van der Waals surface area contributed by atoms with Crippen LogP contribution in [0.15, 0.2) is 39.5 Å². The highest BCUT2D eigenvalue weighted by Gasteiger charge is 2.26. The monoisotopic (exact) mass is 490 g/mol. The second-order valence-corrected chi connectivity index (χ2v) is 8.93. The minimum Gasteiger partial charge on any atom is -0.453 e. The number of methoxy groups -OCH3 is 1. The zero-order valence-corrected chi connectivity index (χ0v) is 19.9. The lowest BCUT2D eigenvalue weighted by atomic mass is 9.95. The Hall–Kier alpha value is -3.66. The summed E-state index contributed by atoms with van der Waals surface area (Å²) in [4.78, 5) is 38.4. The number of nitrogens with zero attached hydrogens (tertiary/aromatic N) is 1. The largest absolute Gasteiger partial charge is 0.453 e. The van der Waals surface area contributed by atoms with Crippen LogP contribution in [0.2, 0.25) is 0 Å². The third-order valence-corrected chi connectivity index (χ3v) is 5.25. The first kappa shape index (κ1) is 26.0. The van der Waals surface area contributed by atoms with Crippen LogP contribution in [0, 0.1) is 22.9 Å². The van der Waals surface area contributed by atoms with Gasteiger partial charge in [0.1, 0.15) is 11.6 Å². The van der Waals surface area contributed by atoms with E-state index in [-0.39, 0.29) is 30.2 Å². The predicted molar refractivity (Wildman–Crippen MR) is 126 cm³/mol. The number of amides is 2. The number of ether oxygens (including phenoxy) is 1. The Kier molecular flexibility index (Phi) is 7.35. The summed E-state index contributed by atoms with van der Waals surface area (Å²) in [5.74, 6) is -4.26. The van der Waals surface area contributed by atoms with Gasteiger partial charge in [-0.3, -0.25) is 14.4 Å². The first-order valence-corrected chi connectivity index (χ1v) is 10.7. The van der Waals surface area contributed by atoms with Gasteiger partial charge in [0.2, 0.25) is 11.8 Å². The molecular weight excluding hydrogens is 465 g/mol. The van der Waals surface area contributed by atoms with Crippen LogP contribution in [-0.4, -0.2) is 32.1 Å². The lowest BCUT2D eigenvalue weighted by molar-refractivity contribution is -0.123. The summed E-state index contributed by atoms with van der Waals surface area (Å²) in [5.41, 5.74) is -2.76. The van der Waals surface area contributed by atoms with Crippen LogP contribution in [0.3, 0.4) is 0 Å². The smallest absolute Gasteiger partial charge is 0.229 e. The summed E-state index contributed by atoms with van der Waals surface area (Å²) >= 11 is 0. The fourth-order valence-electron chi connectivity index (χ4n) is 3.34. The molecule has 3 aromatic rings. The van der Waals surface area contributed by atoms with Crippen LogP contribution in [0.25, 0.3) is 22.3 Å². The third kappa shape index (κ3) is 5.37. The van der Waals surface area contributed by atoms with Gasteiger partial charge in [0, 0.05) is 43.7 Å². The second-order valence-electron chi connectivity index (χ2n) is 8.93. The van der Waals surface area contributed by atoms with E-state index >= 15 is 0 Å². The Balaban J connectivity index is 2.12. The molecule has 3 rings (SSSR count). The number of nitrogens with one attached hydrogen (secondary N) is 1. The van der Waals surface area contributed by atoms with E-state index in [9.17, 15) is 27.6 Å². The van der Waals surface area contributed by atoms with Crippen molar-refractivity contribution >= 4 is 34.2 Å². The van der Waals surface area contributed by atoms with Crippen LogP contribution in [0.5, 0.6) is 0 Å². The molecule has 0 unspecified atom stereocenters. The fraction of sp³-hybridized carbons (Fsp3) is 0.320. The zero-order chi connectivity index (χ0) is 26.1. The third-order valence-electron chi connectivity index (χ3n) is 5.25. The Labute approximate surface area is 199 Å². The maximum atomic E-state index is 14.9. The van der Waals surface area contributed by atoms with Crippen molar-refractivity contribution in [1.82, 2.24) is 0 Å². The quantitative estimate of drug-likeness (QED) is 0.533. The van der Waals surface area contributed by atoms with E-state index in [0.717, 1.165) is 12.1 Å². The lowest BCUT2D eigenvalue weighted by Crippen LogP contribution is -2.32. The zero-order valence-electron chi connectivity index (χ0n) is 19.9. The summed E-state index contributed by atoms with van der Waals surface area (Å²) in [6.45, 7) is 6.36. The van der Waals surface area contributed by atoms with E-state index in [1.54, 1.807) is 20.8 Å². The van der Waals surface area contributed by atoms with Crippen molar-refractivity contribution in [2.24, 2.45) is 5.41 Å². The molecule has 1 aromatic heterocycles. The van der Waals surface area contributed by atoms with Crippen LogP contribution < -0.4 is 15.6 Å². The number of carbonyl (C=O) groups is 2. The van der Waals surface area contributed by atoms with E-state index in [1.165, 1.54) is 31.1 Å². The van der Waals surface area contributed by atoms with E-state index in [2.05, 4.69) is 5.32 Å². The van der Waals surface area contributed by atoms with Gasteiger partial charge in [0.25, 0.3) is 0 Å². The maximum absolute atomic E-state index is 14.9. The Bertz CT molecular complexity index is 1360. The number of rotatable bonds is 6. The number of hydrogen-bond donors (Lipinski definition) is 1. The van der Waals surface area contributed by atoms with Gasteiger partial charge >= 0.3 is 0 Å². The number of carbonyl (C=O) groups excluding carboxylic acids is 2. The summed E-state index contributed by atoms with van der Waals surface area (Å²) in [6.07, 6.45) is 0. The van der Waals surface area contributed by atoms with Crippen molar-refractivity contribution in [3.63, 3.8) is 0 Å². The average molecular weight is 490 g/mol. The fourth-order valence-corrected chi connectivity index (χ4v) is 3.34. The second kappa shape index (κ2) is 9.91. The maximum Gasteiger partial charge on any atom is 0.229 e. The molecule has 0 atom stereocenters. The van der Waals surface area contributed by atoms with Gasteiger partial charge < -0.3 is 19.4 Å². The van der Waals surface area contributed by atoms with Crippen molar-refractivity contribution in [1.29, 1.82) is 0 Å². The summed E-state index contributed by atoms with van der Waals surface area (Å²) < 4.78 is 54.5. The molecular formula is C25H25F3N2O5. The topological polar surface area (TPSA) is 88.9 Å². The highest BCUT2D eigenvalue weighted by molar-refractivity contribution is 6.03. The molecule has 10 heteroatoms. The molecule has 186 valence electrons. The van der Waals surface area contributed by atoms with Gasteiger partial charge in [-0.05, 0) is 18.2 Å². The van der Waals surface area contributed by atoms with Crippen LogP contribution in [0.4, 0.5) is 24.5 Å². The van der Waals surface area contributed by atoms with E-state index in [4.69, 9.17) is 9.15 Å². The van der Waals surface area contributed by atoms with Gasteiger partial charge in [-0.1, -0.05) is 20.8 Å². The molecule has 0 saturated carbocycles. The number of benzene rings is 2. The number of hydrogen-bond acceptors (Lipinski definition) is 5. The van der Waals surface area contributed by atoms with Crippen LogP contribution in [0.1, 0.15) is 27.7 Å². The van der Waals surface area contributed by atoms with Crippen molar-refractivity contribution < 1.29 is 31.9 Å². The standard InChI is InChI=1S/C25H25F3N2O5/c1-13(31)30(8-9-34-5)18-7-6-14(10-15(18)26)20-12-19(32)21-22(29-24(33)25(2,3)4)16(27)11-17(28)23(21)35-20/h6-7,10-12H,8-9H2,1-5H3,(H,29,33). The normalized spacial score (nSPS) is 11.5. The van der Waals surface area contributed by atoms with Crippen molar-refractivity contribution in [3.8, 4) is 11.3 Å². The molecule has 35 heavy (non-hydrogen) atoms. The van der Waals surface area contributed by atoms with Crippen molar-refractivity contribution in [3.05, 3.63) is 58.0 Å². The van der Waals surface area contributed by atoms with Gasteiger partial charge in [-0.25, -0.2) is 13.2 Å². The Morgan fingerprint density at radius 2 is 1.74 bits per heavy atom. The number of anilines is 2. The summed E-state index contributed by atoms with van der Waals surface area (Å²) in [6, 6.07) is 5.20. The lowest BCUT2D eigenvalue weighted by Gasteiger charge is -2.21. The molecule has 0 spiro atoms. The number of halogens is 3.